The normalized spacial score (nSPS) is 11.8. The third kappa shape index (κ3) is 2.47. The molecule has 0 aromatic heterocycles. The second kappa shape index (κ2) is 3.98. The quantitative estimate of drug-likeness (QED) is 0.645. The average Bonchev–Trinajstić information content (AvgIpc) is 2.07. The van der Waals surface area contributed by atoms with Gasteiger partial charge in [0.2, 0.25) is 0 Å². The summed E-state index contributed by atoms with van der Waals surface area (Å²) in [5.74, 6) is -1.21. The number of alkyl halides is 3. The maximum atomic E-state index is 12.8. The Morgan fingerprint density at radius 2 is 1.86 bits per heavy atom. The van der Waals surface area contributed by atoms with Gasteiger partial charge in [0.25, 0.3) is 0 Å². The van der Waals surface area contributed by atoms with Crippen molar-refractivity contribution in [3.05, 3.63) is 35.1 Å². The van der Waals surface area contributed by atoms with Crippen LogP contribution >= 0.6 is 0 Å². The van der Waals surface area contributed by atoms with Crippen LogP contribution in [-0.4, -0.2) is 0 Å². The summed E-state index contributed by atoms with van der Waals surface area (Å²) in [5, 5.41) is 0. The van der Waals surface area contributed by atoms with E-state index in [-0.39, 0.29) is 0 Å². The van der Waals surface area contributed by atoms with E-state index < -0.39 is 17.6 Å². The zero-order valence-corrected chi connectivity index (χ0v) is 7.66. The first-order valence-corrected chi connectivity index (χ1v) is 4.30. The first-order valence-electron chi connectivity index (χ1n) is 4.30. The number of halogens is 4. The number of benzene rings is 1. The van der Waals surface area contributed by atoms with E-state index in [1.54, 1.807) is 0 Å². The fourth-order valence-corrected chi connectivity index (χ4v) is 1.23. The highest BCUT2D eigenvalue weighted by Crippen LogP contribution is 2.31. The van der Waals surface area contributed by atoms with Crippen LogP contribution in [0.3, 0.4) is 0 Å². The third-order valence-corrected chi connectivity index (χ3v) is 1.87. The van der Waals surface area contributed by atoms with Gasteiger partial charge in [-0.15, -0.1) is 0 Å². The summed E-state index contributed by atoms with van der Waals surface area (Å²) in [7, 11) is 0. The highest BCUT2D eigenvalue weighted by Gasteiger charge is 2.33. The van der Waals surface area contributed by atoms with Gasteiger partial charge in [0.05, 0.1) is 5.56 Å². The Kier molecular flexibility index (Phi) is 3.13. The lowest BCUT2D eigenvalue weighted by Crippen LogP contribution is -2.08. The van der Waals surface area contributed by atoms with Gasteiger partial charge in [-0.2, -0.15) is 13.2 Å². The molecule has 0 amide bonds. The van der Waals surface area contributed by atoms with Gasteiger partial charge >= 0.3 is 6.18 Å². The zero-order valence-electron chi connectivity index (χ0n) is 7.66. The van der Waals surface area contributed by atoms with Crippen molar-refractivity contribution in [3.63, 3.8) is 0 Å². The van der Waals surface area contributed by atoms with Crippen molar-refractivity contribution >= 4 is 0 Å². The first-order chi connectivity index (χ1) is 6.45. The molecule has 1 aromatic rings. The molecule has 0 saturated heterocycles. The SMILES string of the molecule is CCCc1ccc(F)c(C(F)(F)F)c1. The van der Waals surface area contributed by atoms with Gasteiger partial charge in [-0.1, -0.05) is 19.4 Å². The fourth-order valence-electron chi connectivity index (χ4n) is 1.23. The maximum absolute atomic E-state index is 12.8. The summed E-state index contributed by atoms with van der Waals surface area (Å²) in [6.07, 6.45) is -3.33. The van der Waals surface area contributed by atoms with E-state index in [0.717, 1.165) is 18.6 Å². The van der Waals surface area contributed by atoms with Crippen LogP contribution in [0.15, 0.2) is 18.2 Å². The van der Waals surface area contributed by atoms with Crippen molar-refractivity contribution in [2.45, 2.75) is 25.9 Å². The first kappa shape index (κ1) is 11.0. The minimum atomic E-state index is -4.60. The Morgan fingerprint density at radius 1 is 1.21 bits per heavy atom. The summed E-state index contributed by atoms with van der Waals surface area (Å²) < 4.78 is 49.5. The lowest BCUT2D eigenvalue weighted by molar-refractivity contribution is -0.140. The highest BCUT2D eigenvalue weighted by atomic mass is 19.4. The van der Waals surface area contributed by atoms with Crippen molar-refractivity contribution in [1.29, 1.82) is 0 Å². The molecule has 0 saturated carbocycles. The lowest BCUT2D eigenvalue weighted by atomic mass is 10.1. The third-order valence-electron chi connectivity index (χ3n) is 1.87. The van der Waals surface area contributed by atoms with Gasteiger partial charge < -0.3 is 0 Å². The van der Waals surface area contributed by atoms with Crippen LogP contribution in [0.4, 0.5) is 17.6 Å². The minimum Gasteiger partial charge on any atom is -0.206 e. The molecule has 0 aliphatic carbocycles. The van der Waals surface area contributed by atoms with Crippen molar-refractivity contribution in [3.8, 4) is 0 Å². The number of hydrogen-bond acceptors (Lipinski definition) is 0. The van der Waals surface area contributed by atoms with Crippen molar-refractivity contribution in [1.82, 2.24) is 0 Å². The van der Waals surface area contributed by atoms with E-state index in [2.05, 4.69) is 0 Å². The highest BCUT2D eigenvalue weighted by molar-refractivity contribution is 5.27. The van der Waals surface area contributed by atoms with Crippen LogP contribution in [0.1, 0.15) is 24.5 Å². The van der Waals surface area contributed by atoms with E-state index >= 15 is 0 Å². The second-order valence-electron chi connectivity index (χ2n) is 3.06. The van der Waals surface area contributed by atoms with E-state index in [1.165, 1.54) is 6.07 Å². The standard InChI is InChI=1S/C10H10F4/c1-2-3-7-4-5-9(11)8(6-7)10(12,13)14/h4-6H,2-3H2,1H3. The predicted octanol–water partition coefficient (Wildman–Crippen LogP) is 3.80. The van der Waals surface area contributed by atoms with Crippen LogP contribution in [-0.2, 0) is 12.6 Å². The molecule has 1 rings (SSSR count). The fraction of sp³-hybridized carbons (Fsp3) is 0.400. The molecule has 0 atom stereocenters. The molecule has 0 aliphatic heterocycles. The van der Waals surface area contributed by atoms with Gasteiger partial charge in [0.15, 0.2) is 0 Å². The Morgan fingerprint density at radius 3 is 2.36 bits per heavy atom. The maximum Gasteiger partial charge on any atom is 0.419 e. The number of hydrogen-bond donors (Lipinski definition) is 0. The zero-order chi connectivity index (χ0) is 10.8. The van der Waals surface area contributed by atoms with Crippen molar-refractivity contribution in [2.24, 2.45) is 0 Å². The predicted molar refractivity (Wildman–Crippen MR) is 45.4 cm³/mol. The number of aryl methyl sites for hydroxylation is 1. The molecule has 14 heavy (non-hydrogen) atoms. The van der Waals surface area contributed by atoms with Gasteiger partial charge in [0, 0.05) is 0 Å². The van der Waals surface area contributed by atoms with Gasteiger partial charge in [-0.3, -0.25) is 0 Å². The molecule has 0 heterocycles. The van der Waals surface area contributed by atoms with Gasteiger partial charge in [-0.05, 0) is 24.1 Å². The van der Waals surface area contributed by atoms with E-state index in [1.807, 2.05) is 6.92 Å². The minimum absolute atomic E-state index is 0.515. The van der Waals surface area contributed by atoms with Crippen molar-refractivity contribution in [2.75, 3.05) is 0 Å². The molecule has 78 valence electrons. The summed E-state index contributed by atoms with van der Waals surface area (Å²) in [5.41, 5.74) is -0.662. The molecule has 1 aromatic carbocycles. The molecule has 0 unspecified atom stereocenters. The molecular formula is C10H10F4. The molecule has 0 bridgehead atoms. The van der Waals surface area contributed by atoms with Crippen LogP contribution < -0.4 is 0 Å². The topological polar surface area (TPSA) is 0 Å². The summed E-state index contributed by atoms with van der Waals surface area (Å²) in [6.45, 7) is 1.86. The van der Waals surface area contributed by atoms with Crippen molar-refractivity contribution < 1.29 is 17.6 Å². The van der Waals surface area contributed by atoms with E-state index in [0.29, 0.717) is 12.0 Å². The molecule has 0 N–H and O–H groups in total. The average molecular weight is 206 g/mol. The number of rotatable bonds is 2. The Bertz CT molecular complexity index is 314. The lowest BCUT2D eigenvalue weighted by Gasteiger charge is -2.09. The van der Waals surface area contributed by atoms with E-state index in [9.17, 15) is 17.6 Å². The molecule has 0 fully saturated rings. The molecular weight excluding hydrogens is 196 g/mol. The summed E-state index contributed by atoms with van der Waals surface area (Å²) >= 11 is 0. The summed E-state index contributed by atoms with van der Waals surface area (Å²) in [6, 6.07) is 3.13. The second-order valence-corrected chi connectivity index (χ2v) is 3.06. The molecule has 0 aliphatic rings. The Labute approximate surface area is 79.6 Å². The Balaban J connectivity index is 3.09. The van der Waals surface area contributed by atoms with E-state index in [4.69, 9.17) is 0 Å². The summed E-state index contributed by atoms with van der Waals surface area (Å²) in [4.78, 5) is 0. The Hall–Kier alpha value is -1.06. The van der Waals surface area contributed by atoms with Crippen LogP contribution in [0, 0.1) is 5.82 Å². The smallest absolute Gasteiger partial charge is 0.206 e. The largest absolute Gasteiger partial charge is 0.419 e. The van der Waals surface area contributed by atoms with Crippen LogP contribution in [0.2, 0.25) is 0 Å². The van der Waals surface area contributed by atoms with Gasteiger partial charge in [0.1, 0.15) is 5.82 Å². The molecule has 0 spiro atoms. The van der Waals surface area contributed by atoms with Crippen LogP contribution in [0.5, 0.6) is 0 Å². The monoisotopic (exact) mass is 206 g/mol. The molecule has 4 heteroatoms. The van der Waals surface area contributed by atoms with Gasteiger partial charge in [-0.25, -0.2) is 4.39 Å². The van der Waals surface area contributed by atoms with Crippen LogP contribution in [0.25, 0.3) is 0 Å². The molecule has 0 radical (unpaired) electrons. The molecule has 0 nitrogen and oxygen atoms in total.